The van der Waals surface area contributed by atoms with Gasteiger partial charge in [0.25, 0.3) is 0 Å². The second-order valence-corrected chi connectivity index (χ2v) is 4.87. The van der Waals surface area contributed by atoms with Gasteiger partial charge in [0.1, 0.15) is 18.1 Å². The second-order valence-electron chi connectivity index (χ2n) is 4.87. The van der Waals surface area contributed by atoms with Crippen LogP contribution in [0.4, 0.5) is 0 Å². The zero-order valence-electron chi connectivity index (χ0n) is 11.8. The molecule has 0 atom stereocenters. The minimum Gasteiger partial charge on any atom is -0.476 e. The van der Waals surface area contributed by atoms with Gasteiger partial charge in [-0.2, -0.15) is 0 Å². The van der Waals surface area contributed by atoms with Gasteiger partial charge in [-0.3, -0.25) is 5.41 Å². The van der Waals surface area contributed by atoms with Gasteiger partial charge in [-0.25, -0.2) is 0 Å². The van der Waals surface area contributed by atoms with Crippen LogP contribution in [-0.2, 0) is 11.3 Å². The summed E-state index contributed by atoms with van der Waals surface area (Å²) in [5, 5.41) is 7.67. The van der Waals surface area contributed by atoms with Gasteiger partial charge in [0.2, 0.25) is 0 Å². The maximum Gasteiger partial charge on any atom is 0.183 e. The Balaban J connectivity index is 1.99. The first kappa shape index (κ1) is 14.1. The van der Waals surface area contributed by atoms with Crippen LogP contribution in [0, 0.1) is 11.3 Å². The van der Waals surface area contributed by atoms with Gasteiger partial charge < -0.3 is 9.47 Å². The number of benzene rings is 2. The standard InChI is InChI=1S/C17H19NO2/c1-13(2)17(18)19-12-14-7-6-10-16(11-14)20-15-8-4-3-5-9-15/h3-11,13,18H,12H2,1-2H3. The Morgan fingerprint density at radius 2 is 1.70 bits per heavy atom. The van der Waals surface area contributed by atoms with Crippen molar-refractivity contribution in [3.63, 3.8) is 0 Å². The molecule has 0 aliphatic heterocycles. The molecule has 0 unspecified atom stereocenters. The number of rotatable bonds is 5. The molecule has 0 saturated carbocycles. The summed E-state index contributed by atoms with van der Waals surface area (Å²) >= 11 is 0. The van der Waals surface area contributed by atoms with E-state index in [0.29, 0.717) is 12.5 Å². The molecule has 0 aliphatic carbocycles. The van der Waals surface area contributed by atoms with Crippen molar-refractivity contribution in [2.75, 3.05) is 0 Å². The summed E-state index contributed by atoms with van der Waals surface area (Å²) < 4.78 is 11.2. The summed E-state index contributed by atoms with van der Waals surface area (Å²) in [7, 11) is 0. The molecule has 3 heteroatoms. The summed E-state index contributed by atoms with van der Waals surface area (Å²) in [5.41, 5.74) is 0.990. The van der Waals surface area contributed by atoms with Crippen LogP contribution in [0.15, 0.2) is 54.6 Å². The minimum absolute atomic E-state index is 0.110. The molecular weight excluding hydrogens is 250 g/mol. The molecule has 0 heterocycles. The fourth-order valence-electron chi connectivity index (χ4n) is 1.65. The monoisotopic (exact) mass is 269 g/mol. The fraction of sp³-hybridized carbons (Fsp3) is 0.235. The van der Waals surface area contributed by atoms with Crippen LogP contribution in [0.5, 0.6) is 11.5 Å². The maximum absolute atomic E-state index is 7.67. The van der Waals surface area contributed by atoms with Crippen LogP contribution in [0.1, 0.15) is 19.4 Å². The van der Waals surface area contributed by atoms with Crippen molar-refractivity contribution in [1.82, 2.24) is 0 Å². The van der Waals surface area contributed by atoms with Crippen LogP contribution in [0.3, 0.4) is 0 Å². The first-order valence-corrected chi connectivity index (χ1v) is 6.68. The van der Waals surface area contributed by atoms with Crippen molar-refractivity contribution in [2.24, 2.45) is 5.92 Å². The molecule has 0 spiro atoms. The molecule has 0 radical (unpaired) electrons. The summed E-state index contributed by atoms with van der Waals surface area (Å²) in [6.45, 7) is 4.28. The molecule has 0 saturated heterocycles. The van der Waals surface area contributed by atoms with Crippen molar-refractivity contribution in [1.29, 1.82) is 5.41 Å². The van der Waals surface area contributed by atoms with Gasteiger partial charge in [0.05, 0.1) is 0 Å². The van der Waals surface area contributed by atoms with E-state index in [2.05, 4.69) is 0 Å². The Morgan fingerprint density at radius 3 is 2.40 bits per heavy atom. The van der Waals surface area contributed by atoms with Crippen molar-refractivity contribution >= 4 is 5.90 Å². The smallest absolute Gasteiger partial charge is 0.183 e. The SMILES string of the molecule is CC(C)C(=N)OCc1cccc(Oc2ccccc2)c1. The Morgan fingerprint density at radius 1 is 1.00 bits per heavy atom. The highest BCUT2D eigenvalue weighted by Gasteiger charge is 2.05. The molecule has 0 bridgehead atoms. The van der Waals surface area contributed by atoms with E-state index in [9.17, 15) is 0 Å². The first-order chi connectivity index (χ1) is 9.65. The lowest BCUT2D eigenvalue weighted by atomic mass is 10.2. The van der Waals surface area contributed by atoms with Gasteiger partial charge in [0.15, 0.2) is 5.90 Å². The predicted molar refractivity (Wildman–Crippen MR) is 80.3 cm³/mol. The van der Waals surface area contributed by atoms with Crippen LogP contribution >= 0.6 is 0 Å². The van der Waals surface area contributed by atoms with E-state index >= 15 is 0 Å². The molecule has 20 heavy (non-hydrogen) atoms. The third kappa shape index (κ3) is 4.12. The molecule has 0 fully saturated rings. The summed E-state index contributed by atoms with van der Waals surface area (Å²) in [6.07, 6.45) is 0. The zero-order chi connectivity index (χ0) is 14.4. The fourth-order valence-corrected chi connectivity index (χ4v) is 1.65. The molecule has 0 aromatic heterocycles. The minimum atomic E-state index is 0.110. The van der Waals surface area contributed by atoms with E-state index in [-0.39, 0.29) is 5.92 Å². The van der Waals surface area contributed by atoms with Gasteiger partial charge >= 0.3 is 0 Å². The molecule has 0 aliphatic rings. The third-order valence-electron chi connectivity index (χ3n) is 2.80. The van der Waals surface area contributed by atoms with Gasteiger partial charge in [0, 0.05) is 5.92 Å². The van der Waals surface area contributed by atoms with E-state index in [0.717, 1.165) is 17.1 Å². The number of para-hydroxylation sites is 1. The van der Waals surface area contributed by atoms with E-state index in [4.69, 9.17) is 14.9 Å². The Labute approximate surface area is 119 Å². The first-order valence-electron chi connectivity index (χ1n) is 6.68. The van der Waals surface area contributed by atoms with Crippen molar-refractivity contribution in [3.8, 4) is 11.5 Å². The van der Waals surface area contributed by atoms with E-state index in [1.54, 1.807) is 0 Å². The molecule has 2 rings (SSSR count). The van der Waals surface area contributed by atoms with Crippen LogP contribution < -0.4 is 4.74 Å². The van der Waals surface area contributed by atoms with Gasteiger partial charge in [-0.1, -0.05) is 44.2 Å². The molecular formula is C17H19NO2. The third-order valence-corrected chi connectivity index (χ3v) is 2.80. The number of hydrogen-bond donors (Lipinski definition) is 1. The molecule has 2 aromatic carbocycles. The van der Waals surface area contributed by atoms with E-state index < -0.39 is 0 Å². The number of ether oxygens (including phenoxy) is 2. The van der Waals surface area contributed by atoms with Crippen LogP contribution in [-0.4, -0.2) is 5.90 Å². The molecule has 1 N–H and O–H groups in total. The largest absolute Gasteiger partial charge is 0.476 e. The predicted octanol–water partition coefficient (Wildman–Crippen LogP) is 4.63. The van der Waals surface area contributed by atoms with Gasteiger partial charge in [-0.15, -0.1) is 0 Å². The summed E-state index contributed by atoms with van der Waals surface area (Å²) in [6, 6.07) is 17.4. The highest BCUT2D eigenvalue weighted by atomic mass is 16.5. The van der Waals surface area contributed by atoms with E-state index in [1.165, 1.54) is 0 Å². The number of hydrogen-bond acceptors (Lipinski definition) is 3. The average Bonchev–Trinajstić information content (AvgIpc) is 2.46. The topological polar surface area (TPSA) is 42.3 Å². The van der Waals surface area contributed by atoms with E-state index in [1.807, 2.05) is 68.4 Å². The molecule has 2 aromatic rings. The second kappa shape index (κ2) is 6.75. The molecule has 104 valence electrons. The Hall–Kier alpha value is -2.29. The lowest BCUT2D eigenvalue weighted by molar-refractivity contribution is 0.270. The quantitative estimate of drug-likeness (QED) is 0.635. The highest BCUT2D eigenvalue weighted by Crippen LogP contribution is 2.22. The van der Waals surface area contributed by atoms with Crippen molar-refractivity contribution in [3.05, 3.63) is 60.2 Å². The maximum atomic E-state index is 7.67. The van der Waals surface area contributed by atoms with Crippen molar-refractivity contribution in [2.45, 2.75) is 20.5 Å². The molecule has 0 amide bonds. The number of nitrogens with one attached hydrogen (secondary N) is 1. The normalized spacial score (nSPS) is 10.3. The van der Waals surface area contributed by atoms with Crippen LogP contribution in [0.2, 0.25) is 0 Å². The summed E-state index contributed by atoms with van der Waals surface area (Å²) in [5.74, 6) is 1.99. The molecule has 3 nitrogen and oxygen atoms in total. The van der Waals surface area contributed by atoms with Crippen molar-refractivity contribution < 1.29 is 9.47 Å². The lowest BCUT2D eigenvalue weighted by Crippen LogP contribution is -2.10. The summed E-state index contributed by atoms with van der Waals surface area (Å²) in [4.78, 5) is 0. The Bertz CT molecular complexity index is 564. The van der Waals surface area contributed by atoms with Gasteiger partial charge in [-0.05, 0) is 29.8 Å². The average molecular weight is 269 g/mol. The highest BCUT2D eigenvalue weighted by molar-refractivity contribution is 5.74. The Kier molecular flexibility index (Phi) is 4.77. The van der Waals surface area contributed by atoms with Crippen LogP contribution in [0.25, 0.3) is 0 Å². The zero-order valence-corrected chi connectivity index (χ0v) is 11.8. The lowest BCUT2D eigenvalue weighted by Gasteiger charge is -2.11.